The van der Waals surface area contributed by atoms with Gasteiger partial charge in [0.05, 0.1) is 12.6 Å². The number of sulfonamides is 1. The van der Waals surface area contributed by atoms with E-state index in [9.17, 15) is 8.42 Å². The summed E-state index contributed by atoms with van der Waals surface area (Å²) in [6.45, 7) is 1.10. The molecule has 7 nitrogen and oxygen atoms in total. The van der Waals surface area contributed by atoms with Crippen LogP contribution in [-0.4, -0.2) is 39.8 Å². The van der Waals surface area contributed by atoms with Gasteiger partial charge in [0.15, 0.2) is 5.75 Å². The number of hydrogen-bond acceptors (Lipinski definition) is 5. The van der Waals surface area contributed by atoms with E-state index in [1.165, 1.54) is 4.31 Å². The Bertz CT molecular complexity index is 500. The van der Waals surface area contributed by atoms with Crippen LogP contribution in [0.3, 0.4) is 0 Å². The molecular formula is C7H9N5O2S. The number of hydrogen-bond donors (Lipinski definition) is 0. The molecule has 0 saturated carbocycles. The van der Waals surface area contributed by atoms with Crippen LogP contribution < -0.4 is 0 Å². The molecule has 1 aliphatic rings. The van der Waals surface area contributed by atoms with Crippen LogP contribution in [-0.2, 0) is 23.1 Å². The molecule has 2 rings (SSSR count). The van der Waals surface area contributed by atoms with Crippen LogP contribution in [0.25, 0.3) is 0 Å². The van der Waals surface area contributed by atoms with Crippen LogP contribution in [0, 0.1) is 11.3 Å². The smallest absolute Gasteiger partial charge is 0.228 e. The monoisotopic (exact) mass is 227 g/mol. The van der Waals surface area contributed by atoms with E-state index in [2.05, 4.69) is 10.2 Å². The molecule has 0 saturated heterocycles. The van der Waals surface area contributed by atoms with Crippen LogP contribution in [0.2, 0.25) is 0 Å². The maximum Gasteiger partial charge on any atom is 0.228 e. The predicted octanol–water partition coefficient (Wildman–Crippen LogP) is -1.05. The molecule has 8 heteroatoms. The molecular weight excluding hydrogens is 218 g/mol. The van der Waals surface area contributed by atoms with E-state index in [-0.39, 0.29) is 6.54 Å². The molecule has 80 valence electrons. The molecule has 0 spiro atoms. The first-order valence-corrected chi connectivity index (χ1v) is 5.96. The van der Waals surface area contributed by atoms with Crippen molar-refractivity contribution < 1.29 is 8.42 Å². The lowest BCUT2D eigenvalue weighted by atomic mass is 10.4. The average molecular weight is 227 g/mol. The van der Waals surface area contributed by atoms with Crippen molar-refractivity contribution in [3.05, 3.63) is 12.2 Å². The maximum absolute atomic E-state index is 11.6. The summed E-state index contributed by atoms with van der Waals surface area (Å²) < 4.78 is 26.2. The van der Waals surface area contributed by atoms with Gasteiger partial charge in [0, 0.05) is 13.1 Å². The Morgan fingerprint density at radius 1 is 1.53 bits per heavy atom. The summed E-state index contributed by atoms with van der Waals surface area (Å²) in [5, 5.41) is 15.9. The Morgan fingerprint density at radius 2 is 2.33 bits per heavy atom. The van der Waals surface area contributed by atoms with Crippen molar-refractivity contribution in [2.24, 2.45) is 0 Å². The van der Waals surface area contributed by atoms with E-state index in [0.717, 1.165) is 0 Å². The fourth-order valence-electron chi connectivity index (χ4n) is 1.45. The number of nitriles is 1. The normalized spacial score (nSPS) is 17.0. The van der Waals surface area contributed by atoms with Crippen LogP contribution in [0.5, 0.6) is 0 Å². The van der Waals surface area contributed by atoms with Gasteiger partial charge >= 0.3 is 0 Å². The standard InChI is InChI=1S/C7H9N5O2S/c8-1-4-15(13,14)12-3-2-11-6-9-10-7(11)5-12/h6H,2-5H2. The highest BCUT2D eigenvalue weighted by molar-refractivity contribution is 7.89. The summed E-state index contributed by atoms with van der Waals surface area (Å²) in [6.07, 6.45) is 1.57. The van der Waals surface area contributed by atoms with E-state index in [1.54, 1.807) is 17.0 Å². The molecule has 0 bridgehead atoms. The van der Waals surface area contributed by atoms with Gasteiger partial charge in [-0.3, -0.25) is 0 Å². The molecule has 0 aromatic carbocycles. The third-order valence-electron chi connectivity index (χ3n) is 2.24. The largest absolute Gasteiger partial charge is 0.315 e. The fraction of sp³-hybridized carbons (Fsp3) is 0.571. The number of nitrogens with zero attached hydrogens (tertiary/aromatic N) is 5. The topological polar surface area (TPSA) is 91.9 Å². The van der Waals surface area contributed by atoms with Crippen molar-refractivity contribution in [1.29, 1.82) is 5.26 Å². The van der Waals surface area contributed by atoms with Crippen molar-refractivity contribution in [1.82, 2.24) is 19.1 Å². The van der Waals surface area contributed by atoms with E-state index in [0.29, 0.717) is 18.9 Å². The molecule has 1 aliphatic heterocycles. The highest BCUT2D eigenvalue weighted by Gasteiger charge is 2.27. The van der Waals surface area contributed by atoms with Gasteiger partial charge < -0.3 is 4.57 Å². The van der Waals surface area contributed by atoms with Crippen molar-refractivity contribution in [3.8, 4) is 6.07 Å². The van der Waals surface area contributed by atoms with Crippen LogP contribution in [0.1, 0.15) is 5.82 Å². The molecule has 0 radical (unpaired) electrons. The number of aromatic nitrogens is 3. The van der Waals surface area contributed by atoms with Crippen molar-refractivity contribution >= 4 is 10.0 Å². The first kappa shape index (κ1) is 10.1. The lowest BCUT2D eigenvalue weighted by Gasteiger charge is -2.25. The van der Waals surface area contributed by atoms with Gasteiger partial charge in [-0.15, -0.1) is 10.2 Å². The summed E-state index contributed by atoms with van der Waals surface area (Å²) in [7, 11) is -3.46. The van der Waals surface area contributed by atoms with Crippen molar-refractivity contribution in [3.63, 3.8) is 0 Å². The molecule has 0 amide bonds. The molecule has 0 aliphatic carbocycles. The second-order valence-corrected chi connectivity index (χ2v) is 5.16. The molecule has 0 unspecified atom stereocenters. The van der Waals surface area contributed by atoms with Gasteiger partial charge in [-0.1, -0.05) is 0 Å². The molecule has 15 heavy (non-hydrogen) atoms. The highest BCUT2D eigenvalue weighted by atomic mass is 32.2. The minimum absolute atomic E-state index is 0.198. The zero-order valence-corrected chi connectivity index (χ0v) is 8.68. The van der Waals surface area contributed by atoms with Crippen LogP contribution in [0.15, 0.2) is 6.33 Å². The Hall–Kier alpha value is -1.46. The Morgan fingerprint density at radius 3 is 3.07 bits per heavy atom. The summed E-state index contributed by atoms with van der Waals surface area (Å²) in [6, 6.07) is 1.65. The lowest BCUT2D eigenvalue weighted by Crippen LogP contribution is -2.39. The molecule has 2 heterocycles. The van der Waals surface area contributed by atoms with Crippen molar-refractivity contribution in [2.45, 2.75) is 13.1 Å². The van der Waals surface area contributed by atoms with E-state index in [4.69, 9.17) is 5.26 Å². The summed E-state index contributed by atoms with van der Waals surface area (Å²) >= 11 is 0. The van der Waals surface area contributed by atoms with Gasteiger partial charge in [0.2, 0.25) is 10.0 Å². The molecule has 1 aromatic heterocycles. The van der Waals surface area contributed by atoms with Gasteiger partial charge in [0.25, 0.3) is 0 Å². The molecule has 1 aromatic rings. The van der Waals surface area contributed by atoms with E-state index < -0.39 is 15.8 Å². The summed E-state index contributed by atoms with van der Waals surface area (Å²) in [4.78, 5) is 0. The molecule has 0 atom stereocenters. The summed E-state index contributed by atoms with van der Waals surface area (Å²) in [5.41, 5.74) is 0. The number of fused-ring (bicyclic) bond motifs is 1. The predicted molar refractivity (Wildman–Crippen MR) is 49.8 cm³/mol. The quantitative estimate of drug-likeness (QED) is 0.642. The second kappa shape index (κ2) is 3.60. The van der Waals surface area contributed by atoms with Gasteiger partial charge in [-0.2, -0.15) is 9.57 Å². The average Bonchev–Trinajstić information content (AvgIpc) is 2.63. The minimum Gasteiger partial charge on any atom is -0.315 e. The maximum atomic E-state index is 11.6. The third kappa shape index (κ3) is 1.84. The zero-order valence-electron chi connectivity index (χ0n) is 7.87. The highest BCUT2D eigenvalue weighted by Crippen LogP contribution is 2.13. The minimum atomic E-state index is -3.46. The summed E-state index contributed by atoms with van der Waals surface area (Å²) in [5.74, 6) is 0.129. The first-order chi connectivity index (χ1) is 7.13. The van der Waals surface area contributed by atoms with E-state index in [1.807, 2.05) is 0 Å². The number of rotatable bonds is 2. The zero-order chi connectivity index (χ0) is 10.9. The fourth-order valence-corrected chi connectivity index (χ4v) is 2.47. The lowest BCUT2D eigenvalue weighted by molar-refractivity contribution is 0.336. The van der Waals surface area contributed by atoms with Crippen LogP contribution in [0.4, 0.5) is 0 Å². The Labute approximate surface area is 87.0 Å². The van der Waals surface area contributed by atoms with Crippen LogP contribution >= 0.6 is 0 Å². The Kier molecular flexibility index (Phi) is 2.42. The second-order valence-electron chi connectivity index (χ2n) is 3.19. The third-order valence-corrected chi connectivity index (χ3v) is 3.84. The molecule has 0 N–H and O–H groups in total. The SMILES string of the molecule is N#CCS(=O)(=O)N1CCn2cnnc2C1. The molecule has 0 fully saturated rings. The first-order valence-electron chi connectivity index (χ1n) is 4.35. The van der Waals surface area contributed by atoms with E-state index >= 15 is 0 Å². The Balaban J connectivity index is 2.21. The van der Waals surface area contributed by atoms with Crippen molar-refractivity contribution in [2.75, 3.05) is 12.3 Å². The van der Waals surface area contributed by atoms with Gasteiger partial charge in [0.1, 0.15) is 12.2 Å². The van der Waals surface area contributed by atoms with Gasteiger partial charge in [-0.05, 0) is 0 Å². The van der Waals surface area contributed by atoms with Gasteiger partial charge in [-0.25, -0.2) is 8.42 Å².